The summed E-state index contributed by atoms with van der Waals surface area (Å²) >= 11 is 6.04. The molecule has 3 nitrogen and oxygen atoms in total. The van der Waals surface area contributed by atoms with Crippen molar-refractivity contribution in [1.29, 1.82) is 0 Å². The predicted octanol–water partition coefficient (Wildman–Crippen LogP) is 4.38. The van der Waals surface area contributed by atoms with Crippen molar-refractivity contribution >= 4 is 23.2 Å². The lowest BCUT2D eigenvalue weighted by Gasteiger charge is -2.11. The number of benzene rings is 2. The molecule has 4 heteroatoms. The second-order valence-corrected chi connectivity index (χ2v) is 5.01. The number of rotatable bonds is 3. The Kier molecular flexibility index (Phi) is 3.75. The third kappa shape index (κ3) is 2.98. The maximum absolute atomic E-state index is 12.5. The van der Waals surface area contributed by atoms with Crippen molar-refractivity contribution in [3.05, 3.63) is 83.6 Å². The number of para-hydroxylation sites is 1. The number of amides is 1. The standard InChI is InChI=1S/C17H13ClN2O/c18-13-8-9-16(20-10-4-5-11-20)15(12-13)17(21)19-14-6-2-1-3-7-14/h1-12H,(H,19,21). The molecule has 3 rings (SSSR count). The first kappa shape index (κ1) is 13.5. The molecule has 1 amide bonds. The third-order valence-electron chi connectivity index (χ3n) is 3.12. The molecule has 1 aromatic heterocycles. The molecular weight excluding hydrogens is 284 g/mol. The van der Waals surface area contributed by atoms with Crippen LogP contribution < -0.4 is 5.32 Å². The Morgan fingerprint density at radius 3 is 2.38 bits per heavy atom. The molecule has 21 heavy (non-hydrogen) atoms. The maximum atomic E-state index is 12.5. The van der Waals surface area contributed by atoms with Crippen LogP contribution in [0.1, 0.15) is 10.4 Å². The molecule has 2 aromatic carbocycles. The largest absolute Gasteiger partial charge is 0.323 e. The van der Waals surface area contributed by atoms with E-state index in [0.717, 1.165) is 11.4 Å². The zero-order valence-electron chi connectivity index (χ0n) is 11.2. The number of hydrogen-bond donors (Lipinski definition) is 1. The van der Waals surface area contributed by atoms with Crippen molar-refractivity contribution < 1.29 is 4.79 Å². The molecule has 0 atom stereocenters. The number of carbonyl (C=O) groups excluding carboxylic acids is 1. The van der Waals surface area contributed by atoms with Crippen molar-refractivity contribution in [2.24, 2.45) is 0 Å². The van der Waals surface area contributed by atoms with Crippen LogP contribution in [0.3, 0.4) is 0 Å². The van der Waals surface area contributed by atoms with Gasteiger partial charge in [0, 0.05) is 23.1 Å². The van der Waals surface area contributed by atoms with E-state index in [1.165, 1.54) is 0 Å². The fourth-order valence-electron chi connectivity index (χ4n) is 2.13. The molecule has 0 radical (unpaired) electrons. The molecular formula is C17H13ClN2O. The third-order valence-corrected chi connectivity index (χ3v) is 3.35. The van der Waals surface area contributed by atoms with Crippen LogP contribution in [0.25, 0.3) is 5.69 Å². The molecule has 0 aliphatic carbocycles. The van der Waals surface area contributed by atoms with Crippen molar-refractivity contribution in [2.45, 2.75) is 0 Å². The molecule has 0 bridgehead atoms. The molecule has 3 aromatic rings. The minimum atomic E-state index is -0.188. The second kappa shape index (κ2) is 5.85. The van der Waals surface area contributed by atoms with Crippen LogP contribution in [0.4, 0.5) is 5.69 Å². The van der Waals surface area contributed by atoms with Gasteiger partial charge in [0.05, 0.1) is 11.3 Å². The van der Waals surface area contributed by atoms with Crippen LogP contribution in [0.5, 0.6) is 0 Å². The van der Waals surface area contributed by atoms with Gasteiger partial charge in [0.2, 0.25) is 0 Å². The minimum absolute atomic E-state index is 0.188. The summed E-state index contributed by atoms with van der Waals surface area (Å²) < 4.78 is 1.89. The highest BCUT2D eigenvalue weighted by Crippen LogP contribution is 2.21. The van der Waals surface area contributed by atoms with Crippen LogP contribution >= 0.6 is 11.6 Å². The van der Waals surface area contributed by atoms with Crippen molar-refractivity contribution in [3.8, 4) is 5.69 Å². The quantitative estimate of drug-likeness (QED) is 0.764. The van der Waals surface area contributed by atoms with Gasteiger partial charge in [-0.15, -0.1) is 0 Å². The first-order chi connectivity index (χ1) is 10.2. The zero-order valence-corrected chi connectivity index (χ0v) is 11.9. The molecule has 1 heterocycles. The zero-order chi connectivity index (χ0) is 14.7. The maximum Gasteiger partial charge on any atom is 0.257 e. The van der Waals surface area contributed by atoms with Gasteiger partial charge < -0.3 is 9.88 Å². The monoisotopic (exact) mass is 296 g/mol. The number of aromatic nitrogens is 1. The lowest BCUT2D eigenvalue weighted by Crippen LogP contribution is -2.14. The van der Waals surface area contributed by atoms with E-state index in [-0.39, 0.29) is 5.91 Å². The van der Waals surface area contributed by atoms with E-state index in [0.29, 0.717) is 10.6 Å². The normalized spacial score (nSPS) is 10.3. The Hall–Kier alpha value is -2.52. The van der Waals surface area contributed by atoms with Gasteiger partial charge in [-0.2, -0.15) is 0 Å². The topological polar surface area (TPSA) is 34.0 Å². The van der Waals surface area contributed by atoms with Crippen LogP contribution in [-0.4, -0.2) is 10.5 Å². The van der Waals surface area contributed by atoms with Gasteiger partial charge in [-0.1, -0.05) is 29.8 Å². The molecule has 0 unspecified atom stereocenters. The fourth-order valence-corrected chi connectivity index (χ4v) is 2.30. The lowest BCUT2D eigenvalue weighted by molar-refractivity contribution is 0.102. The van der Waals surface area contributed by atoms with Gasteiger partial charge in [-0.25, -0.2) is 0 Å². The number of nitrogens with zero attached hydrogens (tertiary/aromatic N) is 1. The van der Waals surface area contributed by atoms with Crippen molar-refractivity contribution in [2.75, 3.05) is 5.32 Å². The van der Waals surface area contributed by atoms with Crippen LogP contribution in [-0.2, 0) is 0 Å². The summed E-state index contributed by atoms with van der Waals surface area (Å²) in [5, 5.41) is 3.41. The highest BCUT2D eigenvalue weighted by atomic mass is 35.5. The van der Waals surface area contributed by atoms with E-state index in [1.807, 2.05) is 65.5 Å². The van der Waals surface area contributed by atoms with E-state index in [2.05, 4.69) is 5.32 Å². The molecule has 0 aliphatic heterocycles. The number of halogens is 1. The second-order valence-electron chi connectivity index (χ2n) is 4.57. The van der Waals surface area contributed by atoms with Gasteiger partial charge in [-0.05, 0) is 42.5 Å². The van der Waals surface area contributed by atoms with E-state index in [4.69, 9.17) is 11.6 Å². The SMILES string of the molecule is O=C(Nc1ccccc1)c1cc(Cl)ccc1-n1cccc1. The molecule has 1 N–H and O–H groups in total. The summed E-state index contributed by atoms with van der Waals surface area (Å²) in [4.78, 5) is 12.5. The highest BCUT2D eigenvalue weighted by molar-refractivity contribution is 6.31. The first-order valence-electron chi connectivity index (χ1n) is 6.53. The average molecular weight is 297 g/mol. The number of carbonyl (C=O) groups is 1. The number of hydrogen-bond acceptors (Lipinski definition) is 1. The summed E-state index contributed by atoms with van der Waals surface area (Å²) in [6, 6.07) is 18.4. The number of nitrogens with one attached hydrogen (secondary N) is 1. The Balaban J connectivity index is 1.97. The molecule has 0 aliphatic rings. The van der Waals surface area contributed by atoms with Gasteiger partial charge in [-0.3, -0.25) is 4.79 Å². The summed E-state index contributed by atoms with van der Waals surface area (Å²) in [6.07, 6.45) is 3.78. The average Bonchev–Trinajstić information content (AvgIpc) is 3.02. The van der Waals surface area contributed by atoms with Gasteiger partial charge >= 0.3 is 0 Å². The number of anilines is 1. The van der Waals surface area contributed by atoms with Gasteiger partial charge in [0.15, 0.2) is 0 Å². The van der Waals surface area contributed by atoms with Crippen LogP contribution in [0, 0.1) is 0 Å². The summed E-state index contributed by atoms with van der Waals surface area (Å²) in [6.45, 7) is 0. The van der Waals surface area contributed by atoms with E-state index in [1.54, 1.807) is 12.1 Å². The lowest BCUT2D eigenvalue weighted by atomic mass is 10.1. The molecule has 0 spiro atoms. The van der Waals surface area contributed by atoms with Crippen molar-refractivity contribution in [1.82, 2.24) is 4.57 Å². The first-order valence-corrected chi connectivity index (χ1v) is 6.91. The van der Waals surface area contributed by atoms with Gasteiger partial charge in [0.1, 0.15) is 0 Å². The van der Waals surface area contributed by atoms with E-state index < -0.39 is 0 Å². The molecule has 104 valence electrons. The molecule has 0 saturated heterocycles. The summed E-state index contributed by atoms with van der Waals surface area (Å²) in [7, 11) is 0. The Morgan fingerprint density at radius 2 is 1.67 bits per heavy atom. The molecule has 0 fully saturated rings. The van der Waals surface area contributed by atoms with E-state index >= 15 is 0 Å². The van der Waals surface area contributed by atoms with E-state index in [9.17, 15) is 4.79 Å². The Morgan fingerprint density at radius 1 is 0.952 bits per heavy atom. The Bertz CT molecular complexity index is 752. The van der Waals surface area contributed by atoms with Gasteiger partial charge in [0.25, 0.3) is 5.91 Å². The minimum Gasteiger partial charge on any atom is -0.323 e. The van der Waals surface area contributed by atoms with Crippen LogP contribution in [0.15, 0.2) is 73.1 Å². The summed E-state index contributed by atoms with van der Waals surface area (Å²) in [5.74, 6) is -0.188. The molecule has 0 saturated carbocycles. The summed E-state index contributed by atoms with van der Waals surface area (Å²) in [5.41, 5.74) is 2.07. The van der Waals surface area contributed by atoms with Crippen molar-refractivity contribution in [3.63, 3.8) is 0 Å². The highest BCUT2D eigenvalue weighted by Gasteiger charge is 2.13. The Labute approximate surface area is 127 Å². The smallest absolute Gasteiger partial charge is 0.257 e. The predicted molar refractivity (Wildman–Crippen MR) is 85.2 cm³/mol. The fraction of sp³-hybridized carbons (Fsp3) is 0. The van der Waals surface area contributed by atoms with Crippen LogP contribution in [0.2, 0.25) is 5.02 Å².